The lowest BCUT2D eigenvalue weighted by molar-refractivity contribution is -0.116. The molecule has 0 saturated carbocycles. The number of anilines is 1. The highest BCUT2D eigenvalue weighted by Gasteiger charge is 2.15. The number of carbonyl (C=O) groups excluding carboxylic acids is 1. The van der Waals surface area contributed by atoms with Crippen molar-refractivity contribution in [3.8, 4) is 17.3 Å². The number of carbonyl (C=O) groups is 1. The molecule has 2 heterocycles. The van der Waals surface area contributed by atoms with Gasteiger partial charge in [0.25, 0.3) is 5.56 Å². The molecule has 1 aromatic carbocycles. The van der Waals surface area contributed by atoms with Gasteiger partial charge in [-0.2, -0.15) is 5.26 Å². The topological polar surface area (TPSA) is 98.6 Å². The van der Waals surface area contributed by atoms with Gasteiger partial charge in [-0.3, -0.25) is 9.59 Å². The van der Waals surface area contributed by atoms with E-state index in [2.05, 4.69) is 48.2 Å². The second-order valence-electron chi connectivity index (χ2n) is 7.51. The van der Waals surface area contributed by atoms with Gasteiger partial charge < -0.3 is 10.3 Å². The molecule has 0 fully saturated rings. The summed E-state index contributed by atoms with van der Waals surface area (Å²) in [5.74, 6) is -0.156. The van der Waals surface area contributed by atoms with Crippen LogP contribution in [0.5, 0.6) is 0 Å². The zero-order valence-electron chi connectivity index (χ0n) is 17.8. The van der Waals surface area contributed by atoms with Crippen LogP contribution in [0.4, 0.5) is 5.13 Å². The Bertz CT molecular complexity index is 1230. The molecular weight excluding hydrogens is 396 g/mol. The number of hydrogen-bond acceptors (Lipinski definition) is 5. The van der Waals surface area contributed by atoms with Crippen molar-refractivity contribution in [2.24, 2.45) is 0 Å². The van der Waals surface area contributed by atoms with Crippen LogP contribution in [-0.2, 0) is 11.2 Å². The number of H-pyrrole nitrogens is 1. The van der Waals surface area contributed by atoms with Crippen LogP contribution in [-0.4, -0.2) is 15.9 Å². The van der Waals surface area contributed by atoms with Crippen LogP contribution in [0.25, 0.3) is 11.3 Å². The number of aryl methyl sites for hydroxylation is 4. The Morgan fingerprint density at radius 1 is 1.17 bits per heavy atom. The number of benzene rings is 1. The number of nitrogens with one attached hydrogen (secondary N) is 2. The number of aromatic amines is 1. The van der Waals surface area contributed by atoms with E-state index in [4.69, 9.17) is 0 Å². The highest BCUT2D eigenvalue weighted by atomic mass is 32.1. The maximum absolute atomic E-state index is 12.5. The summed E-state index contributed by atoms with van der Waals surface area (Å²) in [6.45, 7) is 9.74. The summed E-state index contributed by atoms with van der Waals surface area (Å²) in [4.78, 5) is 31.6. The molecule has 0 spiro atoms. The van der Waals surface area contributed by atoms with Crippen LogP contribution < -0.4 is 10.9 Å². The minimum atomic E-state index is -0.391. The van der Waals surface area contributed by atoms with Crippen molar-refractivity contribution in [3.63, 3.8) is 0 Å². The van der Waals surface area contributed by atoms with Gasteiger partial charge in [0.15, 0.2) is 5.13 Å². The molecular formula is C23H24N4O2S. The van der Waals surface area contributed by atoms with Crippen LogP contribution in [0.15, 0.2) is 22.3 Å². The Labute approximate surface area is 179 Å². The van der Waals surface area contributed by atoms with Gasteiger partial charge in [-0.1, -0.05) is 6.07 Å². The van der Waals surface area contributed by atoms with E-state index in [-0.39, 0.29) is 17.9 Å². The van der Waals surface area contributed by atoms with E-state index < -0.39 is 5.56 Å². The molecule has 0 atom stereocenters. The molecule has 0 aliphatic carbocycles. The number of nitrogens with zero attached hydrogens (tertiary/aromatic N) is 2. The van der Waals surface area contributed by atoms with Crippen molar-refractivity contribution in [1.29, 1.82) is 5.26 Å². The lowest BCUT2D eigenvalue weighted by Crippen LogP contribution is -2.18. The number of aromatic nitrogens is 2. The third kappa shape index (κ3) is 4.34. The Morgan fingerprint density at radius 2 is 1.87 bits per heavy atom. The molecule has 7 heteroatoms. The maximum Gasteiger partial charge on any atom is 0.266 e. The molecule has 2 aromatic heterocycles. The van der Waals surface area contributed by atoms with Crippen molar-refractivity contribution in [3.05, 3.63) is 66.9 Å². The molecule has 6 nitrogen and oxygen atoms in total. The number of pyridine rings is 1. The van der Waals surface area contributed by atoms with Crippen LogP contribution in [0, 0.1) is 45.9 Å². The Hall–Kier alpha value is -3.24. The molecule has 3 rings (SSSR count). The first-order chi connectivity index (χ1) is 14.2. The van der Waals surface area contributed by atoms with Crippen molar-refractivity contribution in [1.82, 2.24) is 9.97 Å². The molecule has 3 aromatic rings. The number of hydrogen-bond donors (Lipinski definition) is 2. The van der Waals surface area contributed by atoms with Crippen LogP contribution in [0.2, 0.25) is 0 Å². The van der Waals surface area contributed by atoms with E-state index in [1.807, 2.05) is 11.4 Å². The quantitative estimate of drug-likeness (QED) is 0.635. The second kappa shape index (κ2) is 8.64. The smallest absolute Gasteiger partial charge is 0.266 e. The lowest BCUT2D eigenvalue weighted by Gasteiger charge is -2.10. The standard InChI is InChI=1S/C23H24N4O2S/c1-12-8-14(3)18(9-13(12)2)20-11-30-23(26-20)27-21(28)7-6-17-15(4)19(10-24)22(29)25-16(17)5/h8-9,11H,6-7H2,1-5H3,(H,25,29)(H,26,27,28). The van der Waals surface area contributed by atoms with E-state index >= 15 is 0 Å². The summed E-state index contributed by atoms with van der Waals surface area (Å²) in [6.07, 6.45) is 0.666. The highest BCUT2D eigenvalue weighted by Crippen LogP contribution is 2.29. The predicted octanol–water partition coefficient (Wildman–Crippen LogP) is 4.48. The monoisotopic (exact) mass is 420 g/mol. The number of thiazole rings is 1. The predicted molar refractivity (Wildman–Crippen MR) is 120 cm³/mol. The van der Waals surface area contributed by atoms with Crippen molar-refractivity contribution in [2.45, 2.75) is 47.5 Å². The molecule has 30 heavy (non-hydrogen) atoms. The van der Waals surface area contributed by atoms with Gasteiger partial charge in [-0.15, -0.1) is 11.3 Å². The van der Waals surface area contributed by atoms with E-state index in [0.29, 0.717) is 22.8 Å². The molecule has 0 radical (unpaired) electrons. The Morgan fingerprint density at radius 3 is 2.57 bits per heavy atom. The highest BCUT2D eigenvalue weighted by molar-refractivity contribution is 7.14. The van der Waals surface area contributed by atoms with E-state index in [9.17, 15) is 14.9 Å². The number of nitriles is 1. The molecule has 1 amide bonds. The van der Waals surface area contributed by atoms with Crippen molar-refractivity contribution >= 4 is 22.4 Å². The summed E-state index contributed by atoms with van der Waals surface area (Å²) in [5, 5.41) is 14.5. The van der Waals surface area contributed by atoms with E-state index in [1.165, 1.54) is 22.5 Å². The molecule has 0 saturated heterocycles. The zero-order valence-corrected chi connectivity index (χ0v) is 18.6. The van der Waals surface area contributed by atoms with Crippen molar-refractivity contribution < 1.29 is 4.79 Å². The summed E-state index contributed by atoms with van der Waals surface area (Å²) in [5.41, 5.74) is 7.37. The fraction of sp³-hybridized carbons (Fsp3) is 0.304. The third-order valence-electron chi connectivity index (χ3n) is 5.39. The van der Waals surface area contributed by atoms with Gasteiger partial charge in [0, 0.05) is 23.1 Å². The second-order valence-corrected chi connectivity index (χ2v) is 8.37. The van der Waals surface area contributed by atoms with Gasteiger partial charge >= 0.3 is 0 Å². The zero-order chi connectivity index (χ0) is 22.0. The molecule has 0 aliphatic heterocycles. The Balaban J connectivity index is 1.71. The fourth-order valence-corrected chi connectivity index (χ4v) is 4.26. The van der Waals surface area contributed by atoms with Gasteiger partial charge in [0.2, 0.25) is 5.91 Å². The van der Waals surface area contributed by atoms with Crippen LogP contribution in [0.3, 0.4) is 0 Å². The average Bonchev–Trinajstić information content (AvgIpc) is 3.12. The molecule has 0 aliphatic rings. The first kappa shape index (κ1) is 21.5. The third-order valence-corrected chi connectivity index (χ3v) is 6.15. The number of rotatable bonds is 5. The molecule has 0 unspecified atom stereocenters. The summed E-state index contributed by atoms with van der Waals surface area (Å²) >= 11 is 1.39. The van der Waals surface area contributed by atoms with Gasteiger partial charge in [0.1, 0.15) is 11.6 Å². The minimum Gasteiger partial charge on any atom is -0.325 e. The summed E-state index contributed by atoms with van der Waals surface area (Å²) < 4.78 is 0. The normalized spacial score (nSPS) is 10.7. The fourth-order valence-electron chi connectivity index (χ4n) is 3.53. The Kier molecular flexibility index (Phi) is 6.18. The maximum atomic E-state index is 12.5. The lowest BCUT2D eigenvalue weighted by atomic mass is 9.99. The largest absolute Gasteiger partial charge is 0.325 e. The van der Waals surface area contributed by atoms with Gasteiger partial charge in [0.05, 0.1) is 5.69 Å². The van der Waals surface area contributed by atoms with E-state index in [0.717, 1.165) is 22.4 Å². The average molecular weight is 421 g/mol. The number of amides is 1. The van der Waals surface area contributed by atoms with Gasteiger partial charge in [-0.05, 0) is 74.9 Å². The summed E-state index contributed by atoms with van der Waals surface area (Å²) in [6, 6.07) is 6.21. The van der Waals surface area contributed by atoms with Crippen LogP contribution in [0.1, 0.15) is 45.5 Å². The molecule has 0 bridgehead atoms. The van der Waals surface area contributed by atoms with Crippen LogP contribution >= 0.6 is 11.3 Å². The first-order valence-electron chi connectivity index (χ1n) is 9.67. The van der Waals surface area contributed by atoms with E-state index in [1.54, 1.807) is 13.8 Å². The molecule has 154 valence electrons. The summed E-state index contributed by atoms with van der Waals surface area (Å²) in [7, 11) is 0. The molecule has 2 N–H and O–H groups in total. The van der Waals surface area contributed by atoms with Crippen molar-refractivity contribution in [2.75, 3.05) is 5.32 Å². The minimum absolute atomic E-state index is 0.101. The van der Waals surface area contributed by atoms with Gasteiger partial charge in [-0.25, -0.2) is 4.98 Å². The first-order valence-corrected chi connectivity index (χ1v) is 10.5. The SMILES string of the molecule is Cc1cc(C)c(-c2csc(NC(=O)CCc3c(C)[nH]c(=O)c(C#N)c3C)n2)cc1C.